The van der Waals surface area contributed by atoms with Crippen LogP contribution in [0.2, 0.25) is 10.0 Å². The van der Waals surface area contributed by atoms with Crippen molar-refractivity contribution in [3.63, 3.8) is 0 Å². The number of nitro groups is 1. The van der Waals surface area contributed by atoms with Crippen LogP contribution in [0.1, 0.15) is 56.8 Å². The third-order valence-electron chi connectivity index (χ3n) is 7.68. The number of carbonyl (C=O) groups is 4. The number of halogens is 2. The molecule has 1 fully saturated rings. The van der Waals surface area contributed by atoms with Crippen molar-refractivity contribution in [2.45, 2.75) is 42.9 Å². The van der Waals surface area contributed by atoms with Crippen LogP contribution in [0.4, 0.5) is 5.69 Å². The van der Waals surface area contributed by atoms with E-state index in [1.165, 1.54) is 42.1 Å². The number of nitro benzene ring substituents is 1. The molecule has 1 aliphatic rings. The topological polar surface area (TPSA) is 207 Å². The minimum absolute atomic E-state index is 0.0161. The Morgan fingerprint density at radius 3 is 2.02 bits per heavy atom. The third kappa shape index (κ3) is 8.76. The lowest BCUT2D eigenvalue weighted by molar-refractivity contribution is -0.385. The molecule has 1 heterocycles. The molecule has 0 N–H and O–H groups in total. The molecular weight excluding hydrogens is 749 g/mol. The van der Waals surface area contributed by atoms with E-state index in [1.54, 1.807) is 19.1 Å². The summed E-state index contributed by atoms with van der Waals surface area (Å²) in [4.78, 5) is 59.0. The molecule has 1 aromatic heterocycles. The fourth-order valence-electron chi connectivity index (χ4n) is 5.11. The average Bonchev–Trinajstić information content (AvgIpc) is 3.31. The number of aromatic nitrogens is 2. The molecule has 0 saturated heterocycles. The second-order valence-electron chi connectivity index (χ2n) is 11.5. The molecule has 18 heteroatoms. The number of nitrogens with zero attached hydrogens (tertiary/aromatic N) is 3. The van der Waals surface area contributed by atoms with Gasteiger partial charge in [0.25, 0.3) is 5.69 Å². The van der Waals surface area contributed by atoms with Gasteiger partial charge in [-0.15, -0.1) is 0 Å². The molecule has 0 aliphatic heterocycles. The Bertz CT molecular complexity index is 2300. The first kappa shape index (κ1) is 39.0. The maximum Gasteiger partial charge on any atom is 0.340 e. The number of benzene rings is 3. The highest BCUT2D eigenvalue weighted by atomic mass is 35.5. The molecule has 0 spiro atoms. The smallest absolute Gasteiger partial charge is 0.340 e. The predicted octanol–water partition coefficient (Wildman–Crippen LogP) is 5.46. The van der Waals surface area contributed by atoms with Gasteiger partial charge in [0.15, 0.2) is 27.2 Å². The first-order valence-corrected chi connectivity index (χ1v) is 18.9. The average molecular weight is 779 g/mol. The summed E-state index contributed by atoms with van der Waals surface area (Å²) in [6, 6.07) is 13.4. The number of hydrogen-bond donors (Lipinski definition) is 0. The molecule has 5 rings (SSSR count). The maximum absolute atomic E-state index is 13.0. The van der Waals surface area contributed by atoms with Crippen molar-refractivity contribution in [1.82, 2.24) is 9.78 Å². The minimum atomic E-state index is -4.16. The van der Waals surface area contributed by atoms with E-state index in [2.05, 4.69) is 5.10 Å². The number of ketones is 4. The summed E-state index contributed by atoms with van der Waals surface area (Å²) in [5.74, 6) is -4.31. The van der Waals surface area contributed by atoms with Crippen LogP contribution in [0, 0.1) is 29.9 Å². The van der Waals surface area contributed by atoms with E-state index >= 15 is 0 Å². The lowest BCUT2D eigenvalue weighted by Gasteiger charge is -2.18. The van der Waals surface area contributed by atoms with Crippen LogP contribution < -0.4 is 4.18 Å². The summed E-state index contributed by atoms with van der Waals surface area (Å²) in [5, 5.41) is 15.8. The maximum atomic E-state index is 13.0. The van der Waals surface area contributed by atoms with Crippen molar-refractivity contribution in [3.8, 4) is 5.88 Å². The van der Waals surface area contributed by atoms with Crippen LogP contribution in [0.3, 0.4) is 0 Å². The van der Waals surface area contributed by atoms with E-state index in [1.807, 2.05) is 6.92 Å². The van der Waals surface area contributed by atoms with E-state index in [-0.39, 0.29) is 44.7 Å². The van der Waals surface area contributed by atoms with Gasteiger partial charge in [-0.05, 0) is 62.7 Å². The van der Waals surface area contributed by atoms with Gasteiger partial charge in [0.1, 0.15) is 16.4 Å². The largest absolute Gasteiger partial charge is 0.358 e. The first-order chi connectivity index (χ1) is 23.7. The van der Waals surface area contributed by atoms with Crippen molar-refractivity contribution in [2.24, 2.45) is 13.0 Å². The lowest BCUT2D eigenvalue weighted by atomic mass is 9.81. The molecule has 4 aromatic rings. The summed E-state index contributed by atoms with van der Waals surface area (Å²) < 4.78 is 54.8. The normalized spacial score (nSPS) is 13.7. The van der Waals surface area contributed by atoms with Crippen LogP contribution in [0.5, 0.6) is 5.88 Å². The summed E-state index contributed by atoms with van der Waals surface area (Å²) >= 11 is 12.0. The Morgan fingerprint density at radius 2 is 1.47 bits per heavy atom. The van der Waals surface area contributed by atoms with Crippen LogP contribution in [0.15, 0.2) is 70.5 Å². The summed E-state index contributed by atoms with van der Waals surface area (Å²) in [7, 11) is -6.37. The molecule has 0 atom stereocenters. The Balaban J connectivity index is 0.000000233. The number of hydrogen-bond acceptors (Lipinski definition) is 12. The van der Waals surface area contributed by atoms with E-state index in [4.69, 9.17) is 27.4 Å². The van der Waals surface area contributed by atoms with Gasteiger partial charge in [-0.3, -0.25) is 29.3 Å². The molecule has 268 valence electrons. The Hall–Kier alpha value is -4.77. The van der Waals surface area contributed by atoms with Crippen LogP contribution >= 0.6 is 23.2 Å². The van der Waals surface area contributed by atoms with Gasteiger partial charge in [0.2, 0.25) is 11.7 Å². The standard InChI is InChI=1S/C19H16Cl2N2O4S.C14H13NO7S/c1-11-4-7-14(8-5-11)28(25,26)27-19-17(12(2)22-23(19)3)18(24)15-9-6-13(20)10-16(15)21;1-23(21,22)8-5-6-9(10(7-8)15(19)20)14(18)13-11(16)3-2-4-12(13)17/h4-10H,1-3H3;5-7,13H,2-4H2,1H3. The fourth-order valence-corrected chi connectivity index (χ4v) is 7.21. The van der Waals surface area contributed by atoms with Crippen molar-refractivity contribution in [2.75, 3.05) is 6.26 Å². The quantitative estimate of drug-likeness (QED) is 0.0683. The number of sulfone groups is 1. The van der Waals surface area contributed by atoms with Gasteiger partial charge in [0.05, 0.1) is 26.1 Å². The zero-order chi connectivity index (χ0) is 38.0. The van der Waals surface area contributed by atoms with Crippen LogP contribution in [0.25, 0.3) is 0 Å². The first-order valence-electron chi connectivity index (χ1n) is 14.9. The highest BCUT2D eigenvalue weighted by molar-refractivity contribution is 7.90. The zero-order valence-corrected chi connectivity index (χ0v) is 30.5. The fraction of sp³-hybridized carbons (Fsp3) is 0.242. The third-order valence-corrected chi connectivity index (χ3v) is 10.6. The molecule has 1 saturated carbocycles. The number of rotatable bonds is 9. The highest BCUT2D eigenvalue weighted by Gasteiger charge is 2.39. The Labute approximate surface area is 302 Å². The molecule has 0 bridgehead atoms. The number of carbonyl (C=O) groups excluding carboxylic acids is 4. The van der Waals surface area contributed by atoms with Gasteiger partial charge in [-0.2, -0.15) is 13.5 Å². The molecule has 14 nitrogen and oxygen atoms in total. The lowest BCUT2D eigenvalue weighted by Crippen LogP contribution is -2.35. The minimum Gasteiger partial charge on any atom is -0.358 e. The van der Waals surface area contributed by atoms with Gasteiger partial charge in [0, 0.05) is 42.8 Å². The second kappa shape index (κ2) is 15.2. The molecule has 0 unspecified atom stereocenters. The molecule has 51 heavy (non-hydrogen) atoms. The van der Waals surface area contributed by atoms with Crippen LogP contribution in [-0.4, -0.2) is 60.9 Å². The predicted molar refractivity (Wildman–Crippen MR) is 185 cm³/mol. The van der Waals surface area contributed by atoms with E-state index < -0.39 is 65.2 Å². The Morgan fingerprint density at radius 1 is 0.902 bits per heavy atom. The number of Topliss-reactive ketones (excluding diaryl/α,β-unsaturated/α-hetero) is 3. The van der Waals surface area contributed by atoms with E-state index in [0.29, 0.717) is 17.1 Å². The molecule has 3 aromatic carbocycles. The monoisotopic (exact) mass is 777 g/mol. The summed E-state index contributed by atoms with van der Waals surface area (Å²) in [6.45, 7) is 3.43. The van der Waals surface area contributed by atoms with Gasteiger partial charge >= 0.3 is 10.1 Å². The molecule has 0 radical (unpaired) electrons. The molecular formula is C33H29Cl2N3O11S2. The van der Waals surface area contributed by atoms with Gasteiger partial charge < -0.3 is 4.18 Å². The Kier molecular flexibility index (Phi) is 11.7. The summed E-state index contributed by atoms with van der Waals surface area (Å²) in [6.07, 6.45) is 1.37. The van der Waals surface area contributed by atoms with Crippen molar-refractivity contribution < 1.29 is 45.1 Å². The second-order valence-corrected chi connectivity index (χ2v) is 15.9. The number of aryl methyl sites for hydroxylation is 3. The molecule has 0 amide bonds. The summed E-state index contributed by atoms with van der Waals surface area (Å²) in [5.41, 5.74) is 0.235. The zero-order valence-electron chi connectivity index (χ0n) is 27.4. The van der Waals surface area contributed by atoms with Crippen molar-refractivity contribution in [3.05, 3.63) is 109 Å². The van der Waals surface area contributed by atoms with Crippen molar-refractivity contribution in [1.29, 1.82) is 0 Å². The van der Waals surface area contributed by atoms with Crippen LogP contribution in [-0.2, 0) is 36.6 Å². The highest BCUT2D eigenvalue weighted by Crippen LogP contribution is 2.32. The van der Waals surface area contributed by atoms with E-state index in [9.17, 15) is 46.1 Å². The van der Waals surface area contributed by atoms with E-state index in [0.717, 1.165) is 30.0 Å². The molecule has 1 aliphatic carbocycles. The van der Waals surface area contributed by atoms with Gasteiger partial charge in [-0.1, -0.05) is 40.9 Å². The van der Waals surface area contributed by atoms with Gasteiger partial charge in [-0.25, -0.2) is 13.1 Å². The SMILES string of the molecule is CS(=O)(=O)c1ccc(C(=O)C2C(=O)CCCC2=O)c([N+](=O)[O-])c1.Cc1ccc(S(=O)(=O)Oc2c(C(=O)c3ccc(Cl)cc3Cl)c(C)nn2C)cc1. The van der Waals surface area contributed by atoms with Crippen molar-refractivity contribution >= 4 is 72.0 Å².